The topological polar surface area (TPSA) is 26.3 Å². The predicted molar refractivity (Wildman–Crippen MR) is 54.6 cm³/mol. The molecule has 0 N–H and O–H groups in total. The number of hydrogen-bond donors (Lipinski definition) is 0. The molecule has 1 aromatic rings. The highest BCUT2D eigenvalue weighted by molar-refractivity contribution is 5.82. The van der Waals surface area contributed by atoms with E-state index < -0.39 is 0 Å². The van der Waals surface area contributed by atoms with Gasteiger partial charge in [0.25, 0.3) is 0 Å². The molecule has 0 bridgehead atoms. The summed E-state index contributed by atoms with van der Waals surface area (Å²) < 4.78 is 5.19. The van der Waals surface area contributed by atoms with Crippen molar-refractivity contribution in [2.24, 2.45) is 0 Å². The quantitative estimate of drug-likeness (QED) is 0.502. The van der Waals surface area contributed by atoms with Crippen LogP contribution in [0.15, 0.2) is 12.1 Å². The Morgan fingerprint density at radius 2 is 2.07 bits per heavy atom. The Morgan fingerprint density at radius 1 is 1.36 bits per heavy atom. The highest BCUT2D eigenvalue weighted by Gasteiger charge is 2.25. The lowest BCUT2D eigenvalue weighted by molar-refractivity contribution is -0.131. The first-order valence-corrected chi connectivity index (χ1v) is 4.92. The summed E-state index contributed by atoms with van der Waals surface area (Å²) >= 11 is 0. The molecule has 2 rings (SSSR count). The number of benzene rings is 1. The third-order valence-corrected chi connectivity index (χ3v) is 2.65. The second kappa shape index (κ2) is 3.12. The van der Waals surface area contributed by atoms with Gasteiger partial charge in [-0.1, -0.05) is 26.0 Å². The molecular formula is C12H14O2. The lowest BCUT2D eigenvalue weighted by Gasteiger charge is -2.11. The maximum absolute atomic E-state index is 11.2. The largest absolute Gasteiger partial charge is 0.426 e. The van der Waals surface area contributed by atoms with Crippen LogP contribution in [0.2, 0.25) is 0 Å². The van der Waals surface area contributed by atoms with Crippen LogP contribution in [0.5, 0.6) is 5.75 Å². The van der Waals surface area contributed by atoms with Crippen molar-refractivity contribution in [3.05, 3.63) is 28.8 Å². The number of hydrogen-bond acceptors (Lipinski definition) is 2. The second-order valence-electron chi connectivity index (χ2n) is 4.08. The molecule has 0 amide bonds. The summed E-state index contributed by atoms with van der Waals surface area (Å²) in [4.78, 5) is 11.2. The van der Waals surface area contributed by atoms with Gasteiger partial charge in [-0.25, -0.2) is 0 Å². The maximum Gasteiger partial charge on any atom is 0.315 e. The minimum Gasteiger partial charge on any atom is -0.426 e. The van der Waals surface area contributed by atoms with Gasteiger partial charge >= 0.3 is 5.97 Å². The van der Waals surface area contributed by atoms with Crippen LogP contribution in [0.25, 0.3) is 0 Å². The second-order valence-corrected chi connectivity index (χ2v) is 4.08. The molecule has 0 aromatic heterocycles. The number of aryl methyl sites for hydroxylation is 1. The summed E-state index contributed by atoms with van der Waals surface area (Å²) in [6.07, 6.45) is 0.435. The molecule has 0 spiro atoms. The highest BCUT2D eigenvalue weighted by Crippen LogP contribution is 2.35. The number of esters is 1. The van der Waals surface area contributed by atoms with E-state index in [1.165, 1.54) is 5.56 Å². The molecule has 1 aliphatic rings. The van der Waals surface area contributed by atoms with Crippen molar-refractivity contribution in [2.75, 3.05) is 0 Å². The van der Waals surface area contributed by atoms with Crippen LogP contribution in [0, 0.1) is 6.92 Å². The molecule has 0 saturated heterocycles. The Bertz CT molecular complexity index is 392. The van der Waals surface area contributed by atoms with Crippen molar-refractivity contribution in [3.8, 4) is 5.75 Å². The van der Waals surface area contributed by atoms with Crippen molar-refractivity contribution in [1.29, 1.82) is 0 Å². The van der Waals surface area contributed by atoms with Crippen LogP contribution >= 0.6 is 0 Å². The Kier molecular flexibility index (Phi) is 2.06. The molecule has 0 aliphatic carbocycles. The maximum atomic E-state index is 11.2. The number of carbonyl (C=O) groups is 1. The van der Waals surface area contributed by atoms with Gasteiger partial charge in [0.2, 0.25) is 0 Å². The number of rotatable bonds is 1. The summed E-state index contributed by atoms with van der Waals surface area (Å²) in [7, 11) is 0. The van der Waals surface area contributed by atoms with E-state index in [9.17, 15) is 4.79 Å². The summed E-state index contributed by atoms with van der Waals surface area (Å²) in [5.41, 5.74) is 3.37. The first kappa shape index (κ1) is 9.25. The van der Waals surface area contributed by atoms with Gasteiger partial charge in [-0.2, -0.15) is 0 Å². The van der Waals surface area contributed by atoms with Gasteiger partial charge in [0, 0.05) is 5.56 Å². The first-order chi connectivity index (χ1) is 6.59. The fourth-order valence-corrected chi connectivity index (χ4v) is 1.92. The van der Waals surface area contributed by atoms with Gasteiger partial charge in [-0.3, -0.25) is 4.79 Å². The van der Waals surface area contributed by atoms with Crippen LogP contribution < -0.4 is 4.74 Å². The fourth-order valence-electron chi connectivity index (χ4n) is 1.92. The molecule has 74 valence electrons. The molecule has 1 aromatic carbocycles. The Balaban J connectivity index is 2.58. The van der Waals surface area contributed by atoms with Gasteiger partial charge < -0.3 is 4.74 Å². The van der Waals surface area contributed by atoms with E-state index in [1.54, 1.807) is 0 Å². The van der Waals surface area contributed by atoms with Gasteiger partial charge in [-0.15, -0.1) is 0 Å². The predicted octanol–water partition coefficient (Wildman–Crippen LogP) is 2.58. The molecule has 1 aliphatic heterocycles. The smallest absolute Gasteiger partial charge is 0.315 e. The molecular weight excluding hydrogens is 176 g/mol. The average molecular weight is 190 g/mol. The fraction of sp³-hybridized carbons (Fsp3) is 0.417. The minimum atomic E-state index is -0.129. The van der Waals surface area contributed by atoms with Crippen molar-refractivity contribution in [2.45, 2.75) is 33.1 Å². The zero-order valence-corrected chi connectivity index (χ0v) is 8.76. The Morgan fingerprint density at radius 3 is 2.71 bits per heavy atom. The molecule has 14 heavy (non-hydrogen) atoms. The number of ether oxygens (including phenoxy) is 1. The number of fused-ring (bicyclic) bond motifs is 1. The van der Waals surface area contributed by atoms with E-state index in [4.69, 9.17) is 4.74 Å². The summed E-state index contributed by atoms with van der Waals surface area (Å²) in [6.45, 7) is 6.24. The molecule has 2 nitrogen and oxygen atoms in total. The van der Waals surface area contributed by atoms with Crippen LogP contribution in [-0.4, -0.2) is 5.97 Å². The van der Waals surface area contributed by atoms with E-state index in [0.29, 0.717) is 12.3 Å². The van der Waals surface area contributed by atoms with Crippen LogP contribution in [0.1, 0.15) is 36.5 Å². The normalized spacial score (nSPS) is 14.4. The molecule has 0 radical (unpaired) electrons. The van der Waals surface area contributed by atoms with E-state index in [2.05, 4.69) is 19.9 Å². The standard InChI is InChI=1S/C12H14O2/c1-7(2)9-5-4-8(3)12-10(9)6-11(13)14-12/h4-5,7H,6H2,1-3H3. The lowest BCUT2D eigenvalue weighted by atomic mass is 9.94. The van der Waals surface area contributed by atoms with Gasteiger partial charge in [0.05, 0.1) is 6.42 Å². The Hall–Kier alpha value is -1.31. The first-order valence-electron chi connectivity index (χ1n) is 4.92. The molecule has 1 heterocycles. The van der Waals surface area contributed by atoms with Gasteiger partial charge in [-0.05, 0) is 24.0 Å². The summed E-state index contributed by atoms with van der Waals surface area (Å²) in [5, 5.41) is 0. The SMILES string of the molecule is Cc1ccc(C(C)C)c2c1OC(=O)C2. The highest BCUT2D eigenvalue weighted by atomic mass is 16.5. The zero-order valence-electron chi connectivity index (χ0n) is 8.76. The van der Waals surface area contributed by atoms with Crippen molar-refractivity contribution in [1.82, 2.24) is 0 Å². The number of carbonyl (C=O) groups excluding carboxylic acids is 1. The van der Waals surface area contributed by atoms with Crippen LogP contribution in [-0.2, 0) is 11.2 Å². The lowest BCUT2D eigenvalue weighted by Crippen LogP contribution is -2.01. The van der Waals surface area contributed by atoms with Gasteiger partial charge in [0.1, 0.15) is 5.75 Å². The molecule has 0 saturated carbocycles. The molecule has 0 fully saturated rings. The van der Waals surface area contributed by atoms with Crippen molar-refractivity contribution >= 4 is 5.97 Å². The van der Waals surface area contributed by atoms with Crippen LogP contribution in [0.3, 0.4) is 0 Å². The van der Waals surface area contributed by atoms with Crippen molar-refractivity contribution in [3.63, 3.8) is 0 Å². The minimum absolute atomic E-state index is 0.129. The van der Waals surface area contributed by atoms with E-state index in [-0.39, 0.29) is 5.97 Å². The Labute approximate surface area is 83.9 Å². The summed E-state index contributed by atoms with van der Waals surface area (Å²) in [5.74, 6) is 1.11. The van der Waals surface area contributed by atoms with Crippen molar-refractivity contribution < 1.29 is 9.53 Å². The zero-order chi connectivity index (χ0) is 10.3. The average Bonchev–Trinajstić information content (AvgIpc) is 2.47. The molecule has 0 unspecified atom stereocenters. The molecule has 0 atom stereocenters. The summed E-state index contributed by atoms with van der Waals surface area (Å²) in [6, 6.07) is 4.12. The third kappa shape index (κ3) is 1.31. The van der Waals surface area contributed by atoms with E-state index in [1.807, 2.05) is 13.0 Å². The third-order valence-electron chi connectivity index (χ3n) is 2.65. The van der Waals surface area contributed by atoms with Gasteiger partial charge in [0.15, 0.2) is 0 Å². The van der Waals surface area contributed by atoms with Crippen LogP contribution in [0.4, 0.5) is 0 Å². The van der Waals surface area contributed by atoms with E-state index >= 15 is 0 Å². The monoisotopic (exact) mass is 190 g/mol. The van der Waals surface area contributed by atoms with E-state index in [0.717, 1.165) is 16.9 Å². The molecule has 2 heteroatoms.